The van der Waals surface area contributed by atoms with Crippen LogP contribution in [0.25, 0.3) is 11.3 Å². The second kappa shape index (κ2) is 6.50. The Morgan fingerprint density at radius 1 is 1.27 bits per heavy atom. The minimum absolute atomic E-state index is 0.302. The Bertz CT molecular complexity index is 598. The number of nitrogens with zero attached hydrogens (tertiary/aromatic N) is 2. The molecule has 4 nitrogen and oxygen atoms in total. The van der Waals surface area contributed by atoms with Crippen molar-refractivity contribution in [2.24, 2.45) is 0 Å². The first-order chi connectivity index (χ1) is 10.3. The van der Waals surface area contributed by atoms with Crippen molar-refractivity contribution >= 4 is 0 Å². The summed E-state index contributed by atoms with van der Waals surface area (Å²) in [5, 5.41) is 9.12. The highest BCUT2D eigenvalue weighted by molar-refractivity contribution is 5.55. The maximum atomic E-state index is 12.4. The Hall–Kier alpha value is -1.86. The Kier molecular flexibility index (Phi) is 4.87. The molecule has 0 amide bonds. The van der Waals surface area contributed by atoms with Gasteiger partial charge in [0.05, 0.1) is 12.2 Å². The highest BCUT2D eigenvalue weighted by Gasteiger charge is 2.39. The Labute approximate surface area is 126 Å². The molecule has 0 radical (unpaired) electrons. The van der Waals surface area contributed by atoms with E-state index in [1.807, 2.05) is 30.3 Å². The lowest BCUT2D eigenvalue weighted by molar-refractivity contribution is -0.208. The van der Waals surface area contributed by atoms with Crippen LogP contribution >= 0.6 is 0 Å². The molecule has 1 aromatic carbocycles. The second-order valence-corrected chi connectivity index (χ2v) is 5.10. The van der Waals surface area contributed by atoms with Crippen LogP contribution in [-0.4, -0.2) is 40.9 Å². The molecule has 0 bridgehead atoms. The summed E-state index contributed by atoms with van der Waals surface area (Å²) in [5.41, 5.74) is 0.839. The van der Waals surface area contributed by atoms with Gasteiger partial charge in [-0.15, -0.1) is 0 Å². The number of oxazole rings is 1. The Balaban J connectivity index is 2.07. The fourth-order valence-electron chi connectivity index (χ4n) is 1.94. The molecule has 2 unspecified atom stereocenters. The second-order valence-electron chi connectivity index (χ2n) is 5.10. The third-order valence-corrected chi connectivity index (χ3v) is 3.44. The number of hydrogen-bond acceptors (Lipinski definition) is 4. The quantitative estimate of drug-likeness (QED) is 0.920. The van der Waals surface area contributed by atoms with Crippen LogP contribution in [0.15, 0.2) is 40.9 Å². The molecule has 0 aliphatic carbocycles. The van der Waals surface area contributed by atoms with E-state index >= 15 is 0 Å². The van der Waals surface area contributed by atoms with Crippen molar-refractivity contribution in [3.05, 3.63) is 42.4 Å². The summed E-state index contributed by atoms with van der Waals surface area (Å²) in [6, 6.07) is 8.79. The number of rotatable bonds is 5. The number of hydrogen-bond donors (Lipinski definition) is 1. The summed E-state index contributed by atoms with van der Waals surface area (Å²) in [6.45, 7) is 1.12. The summed E-state index contributed by atoms with van der Waals surface area (Å²) in [4.78, 5) is 5.46. The van der Waals surface area contributed by atoms with Gasteiger partial charge < -0.3 is 9.52 Å². The lowest BCUT2D eigenvalue weighted by Crippen LogP contribution is -2.40. The molecular weight excluding hydrogens is 297 g/mol. The van der Waals surface area contributed by atoms with E-state index in [2.05, 4.69) is 4.98 Å². The van der Waals surface area contributed by atoms with Crippen molar-refractivity contribution in [1.82, 2.24) is 9.88 Å². The van der Waals surface area contributed by atoms with Crippen LogP contribution in [0.4, 0.5) is 13.2 Å². The van der Waals surface area contributed by atoms with Gasteiger partial charge >= 0.3 is 6.18 Å². The van der Waals surface area contributed by atoms with Gasteiger partial charge in [0.15, 0.2) is 11.9 Å². The summed E-state index contributed by atoms with van der Waals surface area (Å²) in [5.74, 6) is 0.850. The molecule has 0 aliphatic rings. The van der Waals surface area contributed by atoms with Gasteiger partial charge in [0.1, 0.15) is 0 Å². The Morgan fingerprint density at radius 2 is 1.91 bits per heavy atom. The van der Waals surface area contributed by atoms with Crippen LogP contribution in [0.1, 0.15) is 18.9 Å². The van der Waals surface area contributed by atoms with Crippen molar-refractivity contribution < 1.29 is 22.7 Å². The number of halogens is 3. The van der Waals surface area contributed by atoms with Gasteiger partial charge in [-0.1, -0.05) is 30.3 Å². The normalized spacial score (nSPS) is 15.0. The number of aliphatic hydroxyl groups excluding tert-OH is 1. The minimum atomic E-state index is -4.64. The van der Waals surface area contributed by atoms with Crippen molar-refractivity contribution in [3.63, 3.8) is 0 Å². The van der Waals surface area contributed by atoms with E-state index in [-0.39, 0.29) is 0 Å². The number of aromatic nitrogens is 1. The van der Waals surface area contributed by atoms with Crippen LogP contribution in [0.3, 0.4) is 0 Å². The van der Waals surface area contributed by atoms with E-state index in [1.165, 1.54) is 18.1 Å². The van der Waals surface area contributed by atoms with E-state index in [1.54, 1.807) is 6.92 Å². The van der Waals surface area contributed by atoms with Crippen molar-refractivity contribution in [1.29, 1.82) is 0 Å². The fraction of sp³-hybridized carbons (Fsp3) is 0.400. The molecule has 120 valence electrons. The average molecular weight is 314 g/mol. The molecule has 2 atom stereocenters. The maximum Gasteiger partial charge on any atom is 0.415 e. The summed E-state index contributed by atoms with van der Waals surface area (Å²) < 4.78 is 42.8. The van der Waals surface area contributed by atoms with Gasteiger partial charge in [0, 0.05) is 12.1 Å². The molecule has 0 saturated carbocycles. The first kappa shape index (κ1) is 16.5. The third-order valence-electron chi connectivity index (χ3n) is 3.44. The largest absolute Gasteiger partial charge is 0.439 e. The average Bonchev–Trinajstić information content (AvgIpc) is 2.96. The van der Waals surface area contributed by atoms with Crippen molar-refractivity contribution in [3.8, 4) is 11.3 Å². The molecule has 0 fully saturated rings. The lowest BCUT2D eigenvalue weighted by atomic mass is 10.2. The predicted octanol–water partition coefficient (Wildman–Crippen LogP) is 3.26. The monoisotopic (exact) mass is 314 g/mol. The maximum absolute atomic E-state index is 12.4. The first-order valence-electron chi connectivity index (χ1n) is 6.75. The SMILES string of the molecule is CC(c1ncc(-c2ccccc2)o1)N(C)CC(O)C(F)(F)F. The van der Waals surface area contributed by atoms with E-state index in [4.69, 9.17) is 9.52 Å². The molecule has 7 heteroatoms. The van der Waals surface area contributed by atoms with Gasteiger partial charge in [-0.25, -0.2) is 4.98 Å². The molecule has 0 spiro atoms. The molecule has 1 aromatic heterocycles. The van der Waals surface area contributed by atoms with Crippen LogP contribution < -0.4 is 0 Å². The zero-order valence-corrected chi connectivity index (χ0v) is 12.2. The van der Waals surface area contributed by atoms with Gasteiger partial charge in [-0.05, 0) is 14.0 Å². The van der Waals surface area contributed by atoms with E-state index in [0.717, 1.165) is 5.56 Å². The molecule has 1 N–H and O–H groups in total. The highest BCUT2D eigenvalue weighted by Crippen LogP contribution is 2.27. The highest BCUT2D eigenvalue weighted by atomic mass is 19.4. The third kappa shape index (κ3) is 3.86. The molecule has 0 saturated heterocycles. The molecule has 22 heavy (non-hydrogen) atoms. The number of benzene rings is 1. The predicted molar refractivity (Wildman–Crippen MR) is 75.0 cm³/mol. The topological polar surface area (TPSA) is 49.5 Å². The Morgan fingerprint density at radius 3 is 2.50 bits per heavy atom. The van der Waals surface area contributed by atoms with Crippen molar-refractivity contribution in [2.45, 2.75) is 25.2 Å². The van der Waals surface area contributed by atoms with Crippen molar-refractivity contribution in [2.75, 3.05) is 13.6 Å². The minimum Gasteiger partial charge on any atom is -0.439 e. The van der Waals surface area contributed by atoms with E-state index in [9.17, 15) is 13.2 Å². The standard InChI is InChI=1S/C15H17F3N2O2/c1-10(20(2)9-13(21)15(16,17)18)14-19-8-12(22-14)11-6-4-3-5-7-11/h3-8,10,13,21H,9H2,1-2H3. The van der Waals surface area contributed by atoms with Crippen LogP contribution in [0.5, 0.6) is 0 Å². The van der Waals surface area contributed by atoms with Gasteiger partial charge in [-0.2, -0.15) is 13.2 Å². The molecule has 1 heterocycles. The lowest BCUT2D eigenvalue weighted by Gasteiger charge is -2.25. The van der Waals surface area contributed by atoms with Gasteiger partial charge in [-0.3, -0.25) is 4.90 Å². The van der Waals surface area contributed by atoms with Crippen LogP contribution in [-0.2, 0) is 0 Å². The first-order valence-corrected chi connectivity index (χ1v) is 6.75. The summed E-state index contributed by atoms with van der Waals surface area (Å²) in [7, 11) is 1.48. The fourth-order valence-corrected chi connectivity index (χ4v) is 1.94. The zero-order chi connectivity index (χ0) is 16.3. The molecular formula is C15H17F3N2O2. The molecule has 0 aliphatic heterocycles. The van der Waals surface area contributed by atoms with E-state index < -0.39 is 24.9 Å². The number of likely N-dealkylation sites (N-methyl/N-ethyl adjacent to an activating group) is 1. The number of aliphatic hydroxyl groups is 1. The smallest absolute Gasteiger partial charge is 0.415 e. The summed E-state index contributed by atoms with van der Waals surface area (Å²) >= 11 is 0. The van der Waals surface area contributed by atoms with E-state index in [0.29, 0.717) is 11.7 Å². The number of alkyl halides is 3. The zero-order valence-electron chi connectivity index (χ0n) is 12.2. The molecule has 2 aromatic rings. The van der Waals surface area contributed by atoms with Crippen LogP contribution in [0.2, 0.25) is 0 Å². The summed E-state index contributed by atoms with van der Waals surface area (Å²) in [6.07, 6.45) is -5.50. The van der Waals surface area contributed by atoms with Gasteiger partial charge in [0.25, 0.3) is 0 Å². The van der Waals surface area contributed by atoms with Crippen LogP contribution in [0, 0.1) is 0 Å². The molecule has 2 rings (SSSR count). The van der Waals surface area contributed by atoms with Gasteiger partial charge in [0.2, 0.25) is 5.89 Å².